The minimum atomic E-state index is -0.651. The fourth-order valence-electron chi connectivity index (χ4n) is 12.3. The molecule has 10 aromatic carbocycles. The van der Waals surface area contributed by atoms with Crippen molar-refractivity contribution in [2.75, 3.05) is 67.1 Å². The maximum absolute atomic E-state index is 11.4. The van der Waals surface area contributed by atoms with Gasteiger partial charge in [0, 0.05) is 39.2 Å². The van der Waals surface area contributed by atoms with E-state index in [9.17, 15) is 9.59 Å². The second kappa shape index (κ2) is 26.9. The molecule has 2 aliphatic rings. The molecule has 0 amide bonds. The van der Waals surface area contributed by atoms with Gasteiger partial charge >= 0.3 is 11.9 Å². The number of esters is 2. The third-order valence-electron chi connectivity index (χ3n) is 15.9. The summed E-state index contributed by atoms with van der Waals surface area (Å²) in [5.74, 6) is 2.44. The first-order valence-corrected chi connectivity index (χ1v) is 29.0. The van der Waals surface area contributed by atoms with Gasteiger partial charge in [-0.15, -0.1) is 0 Å². The van der Waals surface area contributed by atoms with E-state index in [-0.39, 0.29) is 31.8 Å². The van der Waals surface area contributed by atoms with Crippen molar-refractivity contribution in [2.45, 2.75) is 24.7 Å². The van der Waals surface area contributed by atoms with Crippen molar-refractivity contribution in [3.8, 4) is 67.5 Å². The van der Waals surface area contributed by atoms with E-state index >= 15 is 0 Å². The highest BCUT2D eigenvalue weighted by Gasteiger charge is 2.48. The number of carbonyl (C=O) groups is 2. The van der Waals surface area contributed by atoms with E-state index in [1.54, 1.807) is 14.2 Å². The van der Waals surface area contributed by atoms with E-state index in [2.05, 4.69) is 194 Å². The topological polar surface area (TPSA) is 108 Å². The van der Waals surface area contributed by atoms with Crippen molar-refractivity contribution in [3.05, 3.63) is 287 Å². The Morgan fingerprint density at radius 2 is 0.605 bits per heavy atom. The molecule has 10 heteroatoms. The molecule has 0 saturated heterocycles. The summed E-state index contributed by atoms with van der Waals surface area (Å²) < 4.78 is 44.8. The van der Waals surface area contributed by atoms with Gasteiger partial charge in [0.15, 0.2) is 0 Å². The molecule has 0 aromatic heterocycles. The van der Waals surface area contributed by atoms with Gasteiger partial charge in [-0.1, -0.05) is 194 Å². The van der Waals surface area contributed by atoms with Crippen LogP contribution in [0, 0.1) is 0 Å². The predicted octanol–water partition coefficient (Wildman–Crippen LogP) is 15.4. The molecule has 0 aliphatic heterocycles. The van der Waals surface area contributed by atoms with E-state index in [0.29, 0.717) is 33.0 Å². The van der Waals surface area contributed by atoms with Crippen LogP contribution in [0.1, 0.15) is 58.4 Å². The van der Waals surface area contributed by atoms with E-state index in [0.717, 1.165) is 67.5 Å². The summed E-state index contributed by atoms with van der Waals surface area (Å²) in [7, 11) is 3.35. The molecule has 0 spiro atoms. The number of carbonyl (C=O) groups excluding carboxylic acids is 2. The lowest BCUT2D eigenvalue weighted by atomic mass is 9.67. The average molecular weight is 1140 g/mol. The van der Waals surface area contributed by atoms with Crippen molar-refractivity contribution in [1.29, 1.82) is 0 Å². The normalized spacial score (nSPS) is 12.7. The molecule has 0 heterocycles. The minimum absolute atomic E-state index is 0.178. The average Bonchev–Trinajstić information content (AvgIpc) is 1.57. The smallest absolute Gasteiger partial charge is 0.302 e. The number of hydrogen-bond donors (Lipinski definition) is 0. The van der Waals surface area contributed by atoms with Gasteiger partial charge in [0.25, 0.3) is 0 Å². The highest BCUT2D eigenvalue weighted by atomic mass is 16.6. The highest BCUT2D eigenvalue weighted by molar-refractivity contribution is 5.89. The summed E-state index contributed by atoms with van der Waals surface area (Å²) in [5, 5.41) is 0. The van der Waals surface area contributed by atoms with Crippen LogP contribution >= 0.6 is 0 Å². The molecule has 0 bridgehead atoms. The predicted molar refractivity (Wildman–Crippen MR) is 337 cm³/mol. The molecule has 432 valence electrons. The molecule has 0 radical (unpaired) electrons. The number of hydrogen-bond acceptors (Lipinski definition) is 10. The van der Waals surface area contributed by atoms with Crippen molar-refractivity contribution in [1.82, 2.24) is 0 Å². The van der Waals surface area contributed by atoms with Crippen LogP contribution < -0.4 is 18.9 Å². The molecular formula is C76H68O10. The zero-order valence-corrected chi connectivity index (χ0v) is 48.8. The van der Waals surface area contributed by atoms with Crippen molar-refractivity contribution in [2.24, 2.45) is 0 Å². The summed E-state index contributed by atoms with van der Waals surface area (Å²) in [6.45, 7) is 5.75. The van der Waals surface area contributed by atoms with E-state index < -0.39 is 10.8 Å². The van der Waals surface area contributed by atoms with Crippen molar-refractivity contribution >= 4 is 11.9 Å². The van der Waals surface area contributed by atoms with Crippen LogP contribution in [0.2, 0.25) is 0 Å². The Bertz CT molecular complexity index is 3840. The van der Waals surface area contributed by atoms with Crippen LogP contribution in [0.15, 0.2) is 243 Å². The first-order valence-electron chi connectivity index (χ1n) is 29.0. The summed E-state index contributed by atoms with van der Waals surface area (Å²) >= 11 is 0. The van der Waals surface area contributed by atoms with Gasteiger partial charge in [0.2, 0.25) is 0 Å². The largest absolute Gasteiger partial charge is 0.491 e. The molecule has 10 aromatic rings. The lowest BCUT2D eigenvalue weighted by Crippen LogP contribution is -2.29. The van der Waals surface area contributed by atoms with E-state index in [1.165, 1.54) is 58.4 Å². The van der Waals surface area contributed by atoms with Gasteiger partial charge in [-0.3, -0.25) is 9.59 Å². The number of benzene rings is 10. The molecule has 0 atom stereocenters. The minimum Gasteiger partial charge on any atom is -0.491 e. The maximum Gasteiger partial charge on any atom is 0.302 e. The zero-order valence-electron chi connectivity index (χ0n) is 48.8. The first-order chi connectivity index (χ1) is 42.2. The van der Waals surface area contributed by atoms with Gasteiger partial charge in [-0.2, -0.15) is 0 Å². The maximum atomic E-state index is 11.4. The Balaban J connectivity index is 0.000000186. The molecular weight excluding hydrogens is 1070 g/mol. The van der Waals surface area contributed by atoms with Crippen molar-refractivity contribution in [3.63, 3.8) is 0 Å². The Morgan fingerprint density at radius 1 is 0.302 bits per heavy atom. The SMILES string of the molecule is COCCOc1ccc(C2(c3ccc(OCCOC(C)=O)c(-c4ccccc4)c3)c3ccccc3-c3ccccc32)cc1-c1ccccc1.COCCOc1ccc(C2(c3ccc(OCCOC(C)=O)cc3)c3ccccc3-c3ccccc32)cc1. The summed E-state index contributed by atoms with van der Waals surface area (Å²) in [6, 6.07) is 85.1. The number of methoxy groups -OCH3 is 2. The van der Waals surface area contributed by atoms with Crippen LogP contribution in [0.4, 0.5) is 0 Å². The van der Waals surface area contributed by atoms with Crippen LogP contribution in [0.5, 0.6) is 23.0 Å². The Kier molecular flexibility index (Phi) is 18.1. The summed E-state index contributed by atoms with van der Waals surface area (Å²) in [5.41, 5.74) is 17.3. The standard InChI is InChI=1S/C44H38O5.C32H30O5/c1-31(45)47-27-28-49-43-24-22-35(30-39(43)33-15-7-4-8-16-33)44(40-19-11-9-17-36(40)37-18-10-12-20-41(37)44)34-21-23-42(48-26-25-46-2)38(29-34)32-13-5-3-6-14-32;1-23(33)35-21-22-37-27-17-13-25(14-18-27)32(24-11-15-26(16-12-24)36-20-19-34-2)30-9-5-3-7-28(30)29-8-4-6-10-31(29)32/h3-24,29-30H,25-28H2,1-2H3;3-18H,19-22H2,1-2H3. The van der Waals surface area contributed by atoms with Crippen LogP contribution in [-0.2, 0) is 39.4 Å². The van der Waals surface area contributed by atoms with Gasteiger partial charge in [-0.05, 0) is 126 Å². The third kappa shape index (κ3) is 11.7. The quantitative estimate of drug-likeness (QED) is 0.0481. The lowest BCUT2D eigenvalue weighted by Gasteiger charge is -2.35. The Morgan fingerprint density at radius 3 is 0.965 bits per heavy atom. The van der Waals surface area contributed by atoms with Gasteiger partial charge < -0.3 is 37.9 Å². The summed E-state index contributed by atoms with van der Waals surface area (Å²) in [4.78, 5) is 22.4. The number of rotatable bonds is 22. The zero-order chi connectivity index (χ0) is 59.3. The summed E-state index contributed by atoms with van der Waals surface area (Å²) in [6.07, 6.45) is 0. The molecule has 0 N–H and O–H groups in total. The van der Waals surface area contributed by atoms with Crippen molar-refractivity contribution < 1.29 is 47.5 Å². The van der Waals surface area contributed by atoms with Gasteiger partial charge in [-0.25, -0.2) is 0 Å². The Hall–Kier alpha value is -9.74. The molecule has 12 rings (SSSR count). The van der Waals surface area contributed by atoms with Gasteiger partial charge in [0.05, 0.1) is 24.0 Å². The monoisotopic (exact) mass is 1140 g/mol. The van der Waals surface area contributed by atoms with E-state index in [1.807, 2.05) is 48.5 Å². The van der Waals surface area contributed by atoms with E-state index in [4.69, 9.17) is 37.9 Å². The fourth-order valence-corrected chi connectivity index (χ4v) is 12.3. The molecule has 0 unspecified atom stereocenters. The first kappa shape index (κ1) is 58.1. The molecule has 0 saturated carbocycles. The molecule has 10 nitrogen and oxygen atoms in total. The van der Waals surface area contributed by atoms with Crippen LogP contribution in [0.3, 0.4) is 0 Å². The second-order valence-corrected chi connectivity index (χ2v) is 20.9. The fraction of sp³-hybridized carbons (Fsp3) is 0.184. The van der Waals surface area contributed by atoms with Crippen LogP contribution in [0.25, 0.3) is 44.5 Å². The second-order valence-electron chi connectivity index (χ2n) is 20.9. The lowest BCUT2D eigenvalue weighted by molar-refractivity contribution is -0.142. The number of fused-ring (bicyclic) bond motifs is 6. The number of ether oxygens (including phenoxy) is 8. The molecule has 86 heavy (non-hydrogen) atoms. The molecule has 2 aliphatic carbocycles. The molecule has 0 fully saturated rings. The van der Waals surface area contributed by atoms with Gasteiger partial charge in [0.1, 0.15) is 62.6 Å². The van der Waals surface area contributed by atoms with Crippen LogP contribution in [-0.4, -0.2) is 79.0 Å². The highest BCUT2D eigenvalue weighted by Crippen LogP contribution is 2.59. The Labute approximate surface area is 503 Å². The third-order valence-corrected chi connectivity index (χ3v) is 15.9.